The smallest absolute Gasteiger partial charge is 0.307 e. The second-order valence-corrected chi connectivity index (χ2v) is 7.03. The molecular weight excluding hydrogens is 342 g/mol. The third-order valence-electron chi connectivity index (χ3n) is 5.25. The number of urea groups is 1. The van der Waals surface area contributed by atoms with Gasteiger partial charge in [0.2, 0.25) is 5.91 Å². The average Bonchev–Trinajstić information content (AvgIpc) is 3.11. The summed E-state index contributed by atoms with van der Waals surface area (Å²) in [4.78, 5) is 42.7. The first-order valence-corrected chi connectivity index (χ1v) is 9.08. The Hall–Kier alpha value is -3.15. The molecule has 0 radical (unpaired) electrons. The maximum absolute atomic E-state index is 13.0. The first-order chi connectivity index (χ1) is 13.0. The number of carbonyl (C=O) groups excluding carboxylic acids is 3. The van der Waals surface area contributed by atoms with E-state index < -0.39 is 12.1 Å². The van der Waals surface area contributed by atoms with E-state index in [1.54, 1.807) is 24.0 Å². The number of carbonyl (C=O) groups is 3. The summed E-state index contributed by atoms with van der Waals surface area (Å²) in [5, 5.41) is 0. The summed E-state index contributed by atoms with van der Waals surface area (Å²) in [6.07, 6.45) is 0.774. The molecule has 6 nitrogen and oxygen atoms in total. The lowest BCUT2D eigenvalue weighted by Gasteiger charge is -2.25. The lowest BCUT2D eigenvalue weighted by atomic mass is 10.1. The molecule has 0 unspecified atom stereocenters. The fourth-order valence-electron chi connectivity index (χ4n) is 3.95. The Kier molecular flexibility index (Phi) is 4.18. The van der Waals surface area contributed by atoms with Crippen LogP contribution in [0.3, 0.4) is 0 Å². The normalized spacial score (nSPS) is 21.8. The van der Waals surface area contributed by atoms with Crippen molar-refractivity contribution in [3.05, 3.63) is 60.2 Å². The predicted octanol–water partition coefficient (Wildman–Crippen LogP) is 2.82. The number of hydrogen-bond acceptors (Lipinski definition) is 3. The predicted molar refractivity (Wildman–Crippen MR) is 103 cm³/mol. The molecule has 6 heteroatoms. The van der Waals surface area contributed by atoms with E-state index in [0.717, 1.165) is 22.6 Å². The molecule has 2 aliphatic rings. The number of amides is 4. The van der Waals surface area contributed by atoms with Crippen molar-refractivity contribution in [3.63, 3.8) is 0 Å². The molecule has 1 saturated heterocycles. The summed E-state index contributed by atoms with van der Waals surface area (Å²) in [6, 6.07) is 15.7. The molecule has 0 saturated carbocycles. The molecule has 2 aromatic carbocycles. The molecule has 0 N–H and O–H groups in total. The van der Waals surface area contributed by atoms with Crippen LogP contribution in [0, 0.1) is 0 Å². The maximum Gasteiger partial charge on any atom is 0.332 e. The molecule has 2 aromatic rings. The van der Waals surface area contributed by atoms with E-state index in [-0.39, 0.29) is 24.4 Å². The van der Waals surface area contributed by atoms with Gasteiger partial charge in [0.1, 0.15) is 12.6 Å². The maximum atomic E-state index is 13.0. The third-order valence-corrected chi connectivity index (χ3v) is 5.25. The van der Waals surface area contributed by atoms with E-state index in [1.807, 2.05) is 49.4 Å². The summed E-state index contributed by atoms with van der Waals surface area (Å²) in [7, 11) is 0. The number of para-hydroxylation sites is 2. The zero-order valence-corrected chi connectivity index (χ0v) is 15.3. The Morgan fingerprint density at radius 3 is 2.41 bits per heavy atom. The van der Waals surface area contributed by atoms with Gasteiger partial charge < -0.3 is 4.90 Å². The molecule has 0 aromatic heterocycles. The van der Waals surface area contributed by atoms with Gasteiger partial charge in [0.25, 0.3) is 5.91 Å². The lowest BCUT2D eigenvalue weighted by Crippen LogP contribution is -2.45. The van der Waals surface area contributed by atoms with Gasteiger partial charge >= 0.3 is 6.03 Å². The molecule has 0 bridgehead atoms. The minimum atomic E-state index is -0.629. The van der Waals surface area contributed by atoms with E-state index in [4.69, 9.17) is 0 Å². The molecule has 4 rings (SSSR count). The highest BCUT2D eigenvalue weighted by atomic mass is 16.2. The number of nitrogens with zero attached hydrogens (tertiary/aromatic N) is 3. The van der Waals surface area contributed by atoms with Gasteiger partial charge in [-0.05, 0) is 44.0 Å². The van der Waals surface area contributed by atoms with E-state index >= 15 is 0 Å². The topological polar surface area (TPSA) is 60.9 Å². The van der Waals surface area contributed by atoms with Crippen LogP contribution in [0.5, 0.6) is 0 Å². The highest BCUT2D eigenvalue weighted by molar-refractivity contribution is 6.16. The third kappa shape index (κ3) is 2.77. The van der Waals surface area contributed by atoms with Crippen molar-refractivity contribution in [1.82, 2.24) is 4.90 Å². The Morgan fingerprint density at radius 2 is 1.67 bits per heavy atom. The summed E-state index contributed by atoms with van der Waals surface area (Å²) in [5.74, 6) is -0.589. The molecule has 0 spiro atoms. The van der Waals surface area contributed by atoms with Crippen LogP contribution in [-0.4, -0.2) is 41.4 Å². The van der Waals surface area contributed by atoms with E-state index in [2.05, 4.69) is 0 Å². The van der Waals surface area contributed by atoms with Crippen LogP contribution < -0.4 is 9.80 Å². The van der Waals surface area contributed by atoms with Crippen LogP contribution in [0.15, 0.2) is 54.6 Å². The summed E-state index contributed by atoms with van der Waals surface area (Å²) in [5.41, 5.74) is 2.62. The van der Waals surface area contributed by atoms with Gasteiger partial charge in [-0.25, -0.2) is 4.79 Å². The molecule has 138 valence electrons. The number of rotatable bonds is 3. The van der Waals surface area contributed by atoms with Crippen molar-refractivity contribution >= 4 is 29.2 Å². The lowest BCUT2D eigenvalue weighted by molar-refractivity contribution is -0.131. The van der Waals surface area contributed by atoms with E-state index in [9.17, 15) is 14.4 Å². The number of imide groups is 1. The number of benzene rings is 2. The van der Waals surface area contributed by atoms with Crippen LogP contribution in [0.4, 0.5) is 16.2 Å². The number of fused-ring (bicyclic) bond motifs is 1. The Labute approximate surface area is 158 Å². The van der Waals surface area contributed by atoms with Gasteiger partial charge in [-0.3, -0.25) is 19.4 Å². The summed E-state index contributed by atoms with van der Waals surface area (Å²) in [6.45, 7) is 3.42. The first-order valence-electron chi connectivity index (χ1n) is 9.08. The van der Waals surface area contributed by atoms with Crippen LogP contribution in [0.1, 0.15) is 19.4 Å². The quantitative estimate of drug-likeness (QED) is 0.788. The SMILES string of the molecule is C[C@@H]1Cc2ccccc2N1C(=O)CN1C(=O)[C@@H](C)N(c2ccccc2)C1=O. The molecular formula is C21H21N3O3. The average molecular weight is 363 g/mol. The Bertz CT molecular complexity index is 912. The summed E-state index contributed by atoms with van der Waals surface area (Å²) < 4.78 is 0. The van der Waals surface area contributed by atoms with Crippen molar-refractivity contribution < 1.29 is 14.4 Å². The second kappa shape index (κ2) is 6.54. The van der Waals surface area contributed by atoms with Crippen molar-refractivity contribution in [1.29, 1.82) is 0 Å². The van der Waals surface area contributed by atoms with Crippen molar-refractivity contribution in [2.75, 3.05) is 16.3 Å². The minimum Gasteiger partial charge on any atom is -0.307 e. The van der Waals surface area contributed by atoms with Gasteiger partial charge in [0, 0.05) is 17.4 Å². The minimum absolute atomic E-state index is 0.00496. The van der Waals surface area contributed by atoms with E-state index in [0.29, 0.717) is 5.69 Å². The van der Waals surface area contributed by atoms with Crippen molar-refractivity contribution in [2.24, 2.45) is 0 Å². The molecule has 4 amide bonds. The highest BCUT2D eigenvalue weighted by Crippen LogP contribution is 2.32. The van der Waals surface area contributed by atoms with Crippen LogP contribution >= 0.6 is 0 Å². The molecule has 2 heterocycles. The van der Waals surface area contributed by atoms with Gasteiger partial charge in [0.05, 0.1) is 0 Å². The zero-order chi connectivity index (χ0) is 19.1. The van der Waals surface area contributed by atoms with Crippen molar-refractivity contribution in [2.45, 2.75) is 32.4 Å². The Morgan fingerprint density at radius 1 is 1.00 bits per heavy atom. The Balaban J connectivity index is 1.57. The second-order valence-electron chi connectivity index (χ2n) is 7.03. The standard InChI is InChI=1S/C21H21N3O3/c1-14-12-16-8-6-7-11-18(16)23(14)19(25)13-22-20(26)15(2)24(21(22)27)17-9-4-3-5-10-17/h3-11,14-15H,12-13H2,1-2H3/t14-,15-/m1/s1. The van der Waals surface area contributed by atoms with Crippen LogP contribution in [-0.2, 0) is 16.0 Å². The largest absolute Gasteiger partial charge is 0.332 e. The fraction of sp³-hybridized carbons (Fsp3) is 0.286. The van der Waals surface area contributed by atoms with Crippen LogP contribution in [0.25, 0.3) is 0 Å². The monoisotopic (exact) mass is 363 g/mol. The van der Waals surface area contributed by atoms with Gasteiger partial charge in [0.15, 0.2) is 0 Å². The molecule has 0 aliphatic carbocycles. The fourth-order valence-corrected chi connectivity index (χ4v) is 3.95. The van der Waals surface area contributed by atoms with Crippen LogP contribution in [0.2, 0.25) is 0 Å². The number of anilines is 2. The molecule has 2 aliphatic heterocycles. The first kappa shape index (κ1) is 17.3. The van der Waals surface area contributed by atoms with Gasteiger partial charge in [-0.2, -0.15) is 0 Å². The van der Waals surface area contributed by atoms with Gasteiger partial charge in [-0.15, -0.1) is 0 Å². The number of hydrogen-bond donors (Lipinski definition) is 0. The molecule has 1 fully saturated rings. The van der Waals surface area contributed by atoms with E-state index in [1.165, 1.54) is 4.90 Å². The molecule has 2 atom stereocenters. The molecule has 27 heavy (non-hydrogen) atoms. The highest BCUT2D eigenvalue weighted by Gasteiger charge is 2.45. The van der Waals surface area contributed by atoms with Crippen molar-refractivity contribution in [3.8, 4) is 0 Å². The zero-order valence-electron chi connectivity index (χ0n) is 15.3. The van der Waals surface area contributed by atoms with Gasteiger partial charge in [-0.1, -0.05) is 36.4 Å². The summed E-state index contributed by atoms with van der Waals surface area (Å²) >= 11 is 0.